The number of aromatic nitrogens is 1. The van der Waals surface area contributed by atoms with E-state index in [1.54, 1.807) is 18.3 Å². The van der Waals surface area contributed by atoms with Crippen LogP contribution in [-0.4, -0.2) is 43.1 Å². The van der Waals surface area contributed by atoms with Gasteiger partial charge in [0.1, 0.15) is 23.5 Å². The van der Waals surface area contributed by atoms with E-state index >= 15 is 0 Å². The highest BCUT2D eigenvalue weighted by atomic mass is 19.1. The van der Waals surface area contributed by atoms with Crippen LogP contribution in [0.25, 0.3) is 10.9 Å². The average molecular weight is 528 g/mol. The number of pyridine rings is 1. The number of methoxy groups -OCH3 is 1. The standard InChI is InChI=1S/C31H30FN3O4/c1-38-31(37)27-17-26(30(36)35-24-11-13-33-14-12-24)25-16-22(15-20-7-9-23(32)10-8-20)18-34-28(25)29(27)39-19-21-5-3-2-4-6-21/h2-10,16-18,24,33H,11-15,19H2,1H3,(H,35,36). The first-order valence-electron chi connectivity index (χ1n) is 13.0. The first-order valence-corrected chi connectivity index (χ1v) is 13.0. The molecule has 1 amide bonds. The summed E-state index contributed by atoms with van der Waals surface area (Å²) in [6.07, 6.45) is 3.83. The van der Waals surface area contributed by atoms with Crippen LogP contribution in [-0.2, 0) is 17.8 Å². The topological polar surface area (TPSA) is 89.6 Å². The maximum atomic E-state index is 13.6. The molecule has 5 rings (SSSR count). The van der Waals surface area contributed by atoms with Crippen LogP contribution in [0, 0.1) is 5.82 Å². The van der Waals surface area contributed by atoms with E-state index in [0.717, 1.165) is 42.6 Å². The summed E-state index contributed by atoms with van der Waals surface area (Å²) in [6, 6.07) is 19.3. The summed E-state index contributed by atoms with van der Waals surface area (Å²) >= 11 is 0. The summed E-state index contributed by atoms with van der Waals surface area (Å²) in [6.45, 7) is 1.86. The van der Waals surface area contributed by atoms with Crippen LogP contribution in [0.4, 0.5) is 4.39 Å². The molecule has 7 nitrogen and oxygen atoms in total. The van der Waals surface area contributed by atoms with Crippen LogP contribution >= 0.6 is 0 Å². The molecule has 0 unspecified atom stereocenters. The largest absolute Gasteiger partial charge is 0.486 e. The molecule has 200 valence electrons. The Labute approximate surface area is 226 Å². The Morgan fingerprint density at radius 2 is 1.72 bits per heavy atom. The van der Waals surface area contributed by atoms with Crippen molar-refractivity contribution in [3.8, 4) is 5.75 Å². The third-order valence-corrected chi connectivity index (χ3v) is 6.85. The van der Waals surface area contributed by atoms with E-state index in [1.807, 2.05) is 36.4 Å². The van der Waals surface area contributed by atoms with E-state index < -0.39 is 5.97 Å². The quantitative estimate of drug-likeness (QED) is 0.320. The SMILES string of the molecule is COC(=O)c1cc(C(=O)NC2CCNCC2)c2cc(Cc3ccc(F)cc3)cnc2c1OCc1ccccc1. The van der Waals surface area contributed by atoms with Crippen molar-refractivity contribution < 1.29 is 23.5 Å². The highest BCUT2D eigenvalue weighted by Crippen LogP contribution is 2.34. The first kappa shape index (κ1) is 26.3. The predicted octanol–water partition coefficient (Wildman–Crippen LogP) is 4.81. The van der Waals surface area contributed by atoms with Crippen molar-refractivity contribution in [1.82, 2.24) is 15.6 Å². The van der Waals surface area contributed by atoms with Gasteiger partial charge in [-0.25, -0.2) is 9.18 Å². The molecule has 0 radical (unpaired) electrons. The number of ether oxygens (including phenoxy) is 2. The number of hydrogen-bond donors (Lipinski definition) is 2. The Morgan fingerprint density at radius 3 is 2.44 bits per heavy atom. The van der Waals surface area contributed by atoms with E-state index in [-0.39, 0.29) is 35.7 Å². The van der Waals surface area contributed by atoms with Crippen molar-refractivity contribution in [2.45, 2.75) is 31.9 Å². The molecule has 0 spiro atoms. The summed E-state index contributed by atoms with van der Waals surface area (Å²) in [5, 5.41) is 6.98. The lowest BCUT2D eigenvalue weighted by atomic mass is 9.98. The maximum absolute atomic E-state index is 13.6. The van der Waals surface area contributed by atoms with Crippen molar-refractivity contribution in [2.24, 2.45) is 0 Å². The predicted molar refractivity (Wildman–Crippen MR) is 146 cm³/mol. The molecule has 1 fully saturated rings. The highest BCUT2D eigenvalue weighted by Gasteiger charge is 2.25. The molecule has 0 bridgehead atoms. The van der Waals surface area contributed by atoms with Gasteiger partial charge in [0.2, 0.25) is 0 Å². The van der Waals surface area contributed by atoms with Gasteiger partial charge >= 0.3 is 5.97 Å². The second-order valence-corrected chi connectivity index (χ2v) is 9.61. The molecule has 1 aromatic heterocycles. The number of fused-ring (bicyclic) bond motifs is 1. The van der Waals surface area contributed by atoms with Crippen molar-refractivity contribution in [1.29, 1.82) is 0 Å². The van der Waals surface area contributed by atoms with Gasteiger partial charge < -0.3 is 20.1 Å². The lowest BCUT2D eigenvalue weighted by molar-refractivity contribution is 0.0596. The normalized spacial score (nSPS) is 13.7. The van der Waals surface area contributed by atoms with Crippen molar-refractivity contribution in [3.63, 3.8) is 0 Å². The van der Waals surface area contributed by atoms with E-state index in [2.05, 4.69) is 15.6 Å². The zero-order chi connectivity index (χ0) is 27.2. The van der Waals surface area contributed by atoms with Gasteiger partial charge in [0.15, 0.2) is 5.75 Å². The number of amides is 1. The molecule has 1 saturated heterocycles. The number of nitrogens with one attached hydrogen (secondary N) is 2. The number of piperidine rings is 1. The second-order valence-electron chi connectivity index (χ2n) is 9.61. The van der Waals surface area contributed by atoms with Crippen LogP contribution in [0.5, 0.6) is 5.75 Å². The minimum absolute atomic E-state index is 0.0275. The van der Waals surface area contributed by atoms with Gasteiger partial charge in [0.05, 0.1) is 7.11 Å². The number of nitrogens with zero attached hydrogens (tertiary/aromatic N) is 1. The molecule has 0 saturated carbocycles. The summed E-state index contributed by atoms with van der Waals surface area (Å²) in [5.41, 5.74) is 3.52. The van der Waals surface area contributed by atoms with E-state index in [4.69, 9.17) is 9.47 Å². The molecular weight excluding hydrogens is 497 g/mol. The molecule has 8 heteroatoms. The number of carbonyl (C=O) groups is 2. The van der Waals surface area contributed by atoms with E-state index in [9.17, 15) is 14.0 Å². The summed E-state index contributed by atoms with van der Waals surface area (Å²) < 4.78 is 24.7. The molecule has 39 heavy (non-hydrogen) atoms. The van der Waals surface area contributed by atoms with Crippen LogP contribution in [0.3, 0.4) is 0 Å². The first-order chi connectivity index (χ1) is 19.0. The van der Waals surface area contributed by atoms with E-state index in [0.29, 0.717) is 22.9 Å². The Balaban J connectivity index is 1.59. The third-order valence-electron chi connectivity index (χ3n) is 6.85. The molecular formula is C31H30FN3O4. The molecule has 0 aliphatic carbocycles. The van der Waals surface area contributed by atoms with Crippen LogP contribution in [0.2, 0.25) is 0 Å². The monoisotopic (exact) mass is 527 g/mol. The minimum Gasteiger partial charge on any atom is -0.486 e. The summed E-state index contributed by atoms with van der Waals surface area (Å²) in [7, 11) is 1.29. The Morgan fingerprint density at radius 1 is 0.974 bits per heavy atom. The molecule has 2 N–H and O–H groups in total. The number of rotatable bonds is 8. The second kappa shape index (κ2) is 12.0. The van der Waals surface area contributed by atoms with Gasteiger partial charge in [-0.3, -0.25) is 9.78 Å². The van der Waals surface area contributed by atoms with Gasteiger partial charge in [-0.05, 0) is 73.3 Å². The summed E-state index contributed by atoms with van der Waals surface area (Å²) in [5.74, 6) is -0.948. The van der Waals surface area contributed by atoms with Gasteiger partial charge in [-0.15, -0.1) is 0 Å². The molecule has 3 aromatic carbocycles. The molecule has 4 aromatic rings. The number of halogens is 1. The minimum atomic E-state index is -0.618. The fraction of sp³-hybridized carbons (Fsp3) is 0.258. The third kappa shape index (κ3) is 6.23. The fourth-order valence-corrected chi connectivity index (χ4v) is 4.80. The van der Waals surface area contributed by atoms with Crippen molar-refractivity contribution >= 4 is 22.8 Å². The Hall–Kier alpha value is -4.30. The smallest absolute Gasteiger partial charge is 0.341 e. The van der Waals surface area contributed by atoms with Crippen molar-refractivity contribution in [3.05, 3.63) is 107 Å². The lowest BCUT2D eigenvalue weighted by Gasteiger charge is -2.24. The molecule has 1 aliphatic heterocycles. The molecule has 1 aliphatic rings. The van der Waals surface area contributed by atoms with Crippen LogP contribution in [0.15, 0.2) is 72.9 Å². The maximum Gasteiger partial charge on any atom is 0.341 e. The Kier molecular flexibility index (Phi) is 8.13. The molecule has 0 atom stereocenters. The van der Waals surface area contributed by atoms with Gasteiger partial charge in [0, 0.05) is 23.2 Å². The van der Waals surface area contributed by atoms with Crippen molar-refractivity contribution in [2.75, 3.05) is 20.2 Å². The summed E-state index contributed by atoms with van der Waals surface area (Å²) in [4.78, 5) is 31.2. The van der Waals surface area contributed by atoms with E-state index in [1.165, 1.54) is 25.3 Å². The number of esters is 1. The zero-order valence-electron chi connectivity index (χ0n) is 21.7. The van der Waals surface area contributed by atoms with Crippen LogP contribution < -0.4 is 15.4 Å². The zero-order valence-corrected chi connectivity index (χ0v) is 21.7. The number of carbonyl (C=O) groups excluding carboxylic acids is 2. The lowest BCUT2D eigenvalue weighted by Crippen LogP contribution is -2.42. The van der Waals surface area contributed by atoms with Gasteiger partial charge in [-0.1, -0.05) is 42.5 Å². The number of hydrogen-bond acceptors (Lipinski definition) is 6. The Bertz CT molecular complexity index is 1470. The highest BCUT2D eigenvalue weighted by molar-refractivity contribution is 6.12. The van der Waals surface area contributed by atoms with Gasteiger partial charge in [-0.2, -0.15) is 0 Å². The average Bonchev–Trinajstić information content (AvgIpc) is 2.97. The molecule has 2 heterocycles. The van der Waals surface area contributed by atoms with Gasteiger partial charge in [0.25, 0.3) is 5.91 Å². The van der Waals surface area contributed by atoms with Crippen LogP contribution in [0.1, 0.15) is 50.2 Å². The fourth-order valence-electron chi connectivity index (χ4n) is 4.80. The number of benzene rings is 3.